The van der Waals surface area contributed by atoms with Crippen LogP contribution in [-0.4, -0.2) is 15.7 Å². The SMILES string of the molecule is CCCCS(=O)(CCCC)=Nc1ccccc1. The average molecular weight is 253 g/mol. The van der Waals surface area contributed by atoms with Crippen LogP contribution in [0.4, 0.5) is 5.69 Å². The van der Waals surface area contributed by atoms with Crippen molar-refractivity contribution in [2.75, 3.05) is 11.5 Å². The minimum atomic E-state index is -2.04. The molecule has 0 atom stereocenters. The maximum Gasteiger partial charge on any atom is 0.0730 e. The van der Waals surface area contributed by atoms with Gasteiger partial charge in [0.25, 0.3) is 0 Å². The first-order valence-corrected chi connectivity index (χ1v) is 8.33. The van der Waals surface area contributed by atoms with Crippen molar-refractivity contribution in [2.24, 2.45) is 4.36 Å². The molecule has 17 heavy (non-hydrogen) atoms. The predicted octanol–water partition coefficient (Wildman–Crippen LogP) is 4.39. The number of benzene rings is 1. The highest BCUT2D eigenvalue weighted by molar-refractivity contribution is 7.93. The topological polar surface area (TPSA) is 29.4 Å². The van der Waals surface area contributed by atoms with Crippen molar-refractivity contribution in [1.29, 1.82) is 0 Å². The summed E-state index contributed by atoms with van der Waals surface area (Å²) in [7, 11) is -2.04. The van der Waals surface area contributed by atoms with Crippen LogP contribution < -0.4 is 0 Å². The van der Waals surface area contributed by atoms with Gasteiger partial charge in [0, 0.05) is 11.5 Å². The number of hydrogen-bond donors (Lipinski definition) is 0. The van der Waals surface area contributed by atoms with Crippen LogP contribution in [0.15, 0.2) is 34.7 Å². The van der Waals surface area contributed by atoms with Gasteiger partial charge >= 0.3 is 0 Å². The lowest BCUT2D eigenvalue weighted by atomic mass is 10.3. The van der Waals surface area contributed by atoms with E-state index in [1.165, 1.54) is 0 Å². The Morgan fingerprint density at radius 2 is 1.53 bits per heavy atom. The van der Waals surface area contributed by atoms with Crippen LogP contribution >= 0.6 is 0 Å². The highest BCUT2D eigenvalue weighted by Crippen LogP contribution is 2.16. The highest BCUT2D eigenvalue weighted by atomic mass is 32.2. The van der Waals surface area contributed by atoms with E-state index in [-0.39, 0.29) is 0 Å². The lowest BCUT2D eigenvalue weighted by molar-refractivity contribution is 0.669. The standard InChI is InChI=1S/C14H23NOS/c1-3-5-12-17(16,13-6-4-2)15-14-10-8-7-9-11-14/h7-11H,3-6,12-13H2,1-2H3. The van der Waals surface area contributed by atoms with Crippen LogP contribution in [-0.2, 0) is 9.73 Å². The van der Waals surface area contributed by atoms with E-state index in [0.29, 0.717) is 0 Å². The third-order valence-corrected chi connectivity index (χ3v) is 5.06. The van der Waals surface area contributed by atoms with Crippen LogP contribution in [0.25, 0.3) is 0 Å². The largest absolute Gasteiger partial charge is 0.249 e. The molecule has 0 aliphatic heterocycles. The van der Waals surface area contributed by atoms with E-state index >= 15 is 0 Å². The zero-order valence-electron chi connectivity index (χ0n) is 10.9. The second-order valence-electron chi connectivity index (χ2n) is 4.31. The first-order valence-electron chi connectivity index (χ1n) is 6.48. The molecule has 0 fully saturated rings. The maximum atomic E-state index is 12.7. The van der Waals surface area contributed by atoms with Gasteiger partial charge in [-0.25, -0.2) is 4.21 Å². The van der Waals surface area contributed by atoms with Gasteiger partial charge in [-0.15, -0.1) is 0 Å². The lowest BCUT2D eigenvalue weighted by Crippen LogP contribution is -2.10. The first kappa shape index (κ1) is 14.2. The Morgan fingerprint density at radius 1 is 1.00 bits per heavy atom. The summed E-state index contributed by atoms with van der Waals surface area (Å²) in [5.41, 5.74) is 0.852. The molecular weight excluding hydrogens is 230 g/mol. The number of hydrogen-bond acceptors (Lipinski definition) is 2. The van der Waals surface area contributed by atoms with Gasteiger partial charge in [0.05, 0.1) is 15.4 Å². The predicted molar refractivity (Wildman–Crippen MR) is 76.2 cm³/mol. The molecule has 0 aliphatic rings. The summed E-state index contributed by atoms with van der Waals surface area (Å²) in [5, 5.41) is 0. The molecule has 0 unspecified atom stereocenters. The molecule has 1 aromatic rings. The molecule has 0 bridgehead atoms. The van der Waals surface area contributed by atoms with Crippen molar-refractivity contribution in [2.45, 2.75) is 39.5 Å². The molecule has 0 heterocycles. The summed E-state index contributed by atoms with van der Waals surface area (Å²) < 4.78 is 17.2. The molecule has 0 aromatic heterocycles. The zero-order valence-corrected chi connectivity index (χ0v) is 11.7. The summed E-state index contributed by atoms with van der Waals surface area (Å²) in [6, 6.07) is 9.70. The monoisotopic (exact) mass is 253 g/mol. The Labute approximate surface area is 106 Å². The van der Waals surface area contributed by atoms with E-state index in [9.17, 15) is 4.21 Å². The van der Waals surface area contributed by atoms with Gasteiger partial charge in [-0.05, 0) is 25.0 Å². The Kier molecular flexibility index (Phi) is 6.27. The Balaban J connectivity index is 2.88. The molecule has 96 valence electrons. The number of unbranched alkanes of at least 4 members (excludes halogenated alkanes) is 2. The Morgan fingerprint density at radius 3 is 2.00 bits per heavy atom. The van der Waals surface area contributed by atoms with E-state index in [1.54, 1.807) is 0 Å². The van der Waals surface area contributed by atoms with Gasteiger partial charge < -0.3 is 0 Å². The van der Waals surface area contributed by atoms with Crippen molar-refractivity contribution in [1.82, 2.24) is 0 Å². The summed E-state index contributed by atoms with van der Waals surface area (Å²) in [6.45, 7) is 4.25. The van der Waals surface area contributed by atoms with Crippen molar-refractivity contribution >= 4 is 15.4 Å². The molecule has 1 aromatic carbocycles. The van der Waals surface area contributed by atoms with Crippen molar-refractivity contribution in [3.8, 4) is 0 Å². The maximum absolute atomic E-state index is 12.7. The zero-order chi connectivity index (χ0) is 12.6. The normalized spacial score (nSPS) is 11.4. The highest BCUT2D eigenvalue weighted by Gasteiger charge is 2.08. The van der Waals surface area contributed by atoms with Gasteiger partial charge in [0.15, 0.2) is 0 Å². The molecular formula is C14H23NOS. The summed E-state index contributed by atoms with van der Waals surface area (Å²) in [4.78, 5) is 0. The molecule has 0 spiro atoms. The third kappa shape index (κ3) is 5.35. The number of rotatable bonds is 7. The lowest BCUT2D eigenvalue weighted by Gasteiger charge is -2.09. The number of nitrogens with zero attached hydrogens (tertiary/aromatic N) is 1. The van der Waals surface area contributed by atoms with Gasteiger partial charge in [0.2, 0.25) is 0 Å². The first-order chi connectivity index (χ1) is 8.20. The van der Waals surface area contributed by atoms with E-state index in [2.05, 4.69) is 18.2 Å². The minimum Gasteiger partial charge on any atom is -0.249 e. The molecule has 0 saturated carbocycles. The molecule has 3 heteroatoms. The quantitative estimate of drug-likeness (QED) is 0.708. The molecule has 0 aliphatic carbocycles. The van der Waals surface area contributed by atoms with E-state index < -0.39 is 9.73 Å². The van der Waals surface area contributed by atoms with Crippen molar-refractivity contribution < 1.29 is 4.21 Å². The van der Waals surface area contributed by atoms with Gasteiger partial charge in [-0.2, -0.15) is 4.36 Å². The van der Waals surface area contributed by atoms with Gasteiger partial charge in [-0.1, -0.05) is 44.9 Å². The van der Waals surface area contributed by atoms with Gasteiger partial charge in [-0.3, -0.25) is 0 Å². The van der Waals surface area contributed by atoms with Crippen LogP contribution in [0.2, 0.25) is 0 Å². The minimum absolute atomic E-state index is 0.735. The fourth-order valence-corrected chi connectivity index (χ4v) is 3.99. The summed E-state index contributed by atoms with van der Waals surface area (Å²) in [6.07, 6.45) is 4.15. The molecule has 0 saturated heterocycles. The van der Waals surface area contributed by atoms with E-state index in [1.807, 2.05) is 30.3 Å². The summed E-state index contributed by atoms with van der Waals surface area (Å²) >= 11 is 0. The van der Waals surface area contributed by atoms with Crippen LogP contribution in [0.1, 0.15) is 39.5 Å². The second-order valence-corrected chi connectivity index (χ2v) is 6.86. The van der Waals surface area contributed by atoms with Crippen LogP contribution in [0.3, 0.4) is 0 Å². The fraction of sp³-hybridized carbons (Fsp3) is 0.571. The van der Waals surface area contributed by atoms with Crippen molar-refractivity contribution in [3.05, 3.63) is 30.3 Å². The molecule has 1 rings (SSSR count). The second kappa shape index (κ2) is 7.49. The third-order valence-electron chi connectivity index (χ3n) is 2.66. The smallest absolute Gasteiger partial charge is 0.0730 e. The molecule has 0 N–H and O–H groups in total. The van der Waals surface area contributed by atoms with E-state index in [4.69, 9.17) is 0 Å². The fourth-order valence-electron chi connectivity index (χ4n) is 1.61. The Bertz CT molecular complexity index is 405. The Hall–Kier alpha value is -0.830. The average Bonchev–Trinajstić information content (AvgIpc) is 2.35. The van der Waals surface area contributed by atoms with Crippen LogP contribution in [0.5, 0.6) is 0 Å². The molecule has 0 amide bonds. The van der Waals surface area contributed by atoms with Gasteiger partial charge in [0.1, 0.15) is 0 Å². The molecule has 0 radical (unpaired) electrons. The summed E-state index contributed by atoms with van der Waals surface area (Å²) in [5.74, 6) is 1.47. The van der Waals surface area contributed by atoms with Crippen LogP contribution in [0, 0.1) is 0 Å². The van der Waals surface area contributed by atoms with E-state index in [0.717, 1.165) is 42.9 Å². The molecule has 2 nitrogen and oxygen atoms in total. The van der Waals surface area contributed by atoms with Crippen molar-refractivity contribution in [3.63, 3.8) is 0 Å².